The van der Waals surface area contributed by atoms with Crippen molar-refractivity contribution in [2.24, 2.45) is 0 Å². The van der Waals surface area contributed by atoms with Crippen LogP contribution in [-0.4, -0.2) is 27.3 Å². The Labute approximate surface area is 141 Å². The molecule has 0 spiro atoms. The maximum absolute atomic E-state index is 12.9. The van der Waals surface area contributed by atoms with Crippen LogP contribution in [0.1, 0.15) is 11.1 Å². The molecule has 0 aliphatic carbocycles. The minimum Gasteiger partial charge on any atom is -0.340 e. The Morgan fingerprint density at radius 2 is 2.04 bits per heavy atom. The minimum atomic E-state index is -0.781. The van der Waals surface area contributed by atoms with Crippen molar-refractivity contribution in [2.75, 3.05) is 7.05 Å². The molecular formula is C16H13FN4O4. The number of nitrogens with zero attached hydrogens (tertiary/aromatic N) is 4. The van der Waals surface area contributed by atoms with Gasteiger partial charge < -0.3 is 4.90 Å². The second kappa shape index (κ2) is 7.35. The highest BCUT2D eigenvalue weighted by molar-refractivity contribution is 5.75. The zero-order chi connectivity index (χ0) is 18.6. The molecule has 0 saturated heterocycles. The van der Waals surface area contributed by atoms with Crippen molar-refractivity contribution in [2.45, 2.75) is 13.1 Å². The summed E-state index contributed by atoms with van der Waals surface area (Å²) in [5.74, 6) is -0.888. The van der Waals surface area contributed by atoms with Crippen LogP contribution in [0.25, 0.3) is 0 Å². The number of rotatable bonds is 5. The van der Waals surface area contributed by atoms with Gasteiger partial charge in [-0.25, -0.2) is 4.39 Å². The van der Waals surface area contributed by atoms with Crippen LogP contribution < -0.4 is 5.56 Å². The summed E-state index contributed by atoms with van der Waals surface area (Å²) in [6.45, 7) is -0.277. The number of halogens is 1. The van der Waals surface area contributed by atoms with E-state index in [9.17, 15) is 24.1 Å². The lowest BCUT2D eigenvalue weighted by atomic mass is 10.2. The maximum atomic E-state index is 12.9. The summed E-state index contributed by atoms with van der Waals surface area (Å²) in [5, 5.41) is 19.8. The van der Waals surface area contributed by atoms with Crippen LogP contribution >= 0.6 is 0 Å². The number of pyridine rings is 1. The molecular weight excluding hydrogens is 331 g/mol. The van der Waals surface area contributed by atoms with Gasteiger partial charge in [-0.1, -0.05) is 12.1 Å². The van der Waals surface area contributed by atoms with Gasteiger partial charge in [0.2, 0.25) is 5.91 Å². The molecule has 0 N–H and O–H groups in total. The highest BCUT2D eigenvalue weighted by Gasteiger charge is 2.17. The van der Waals surface area contributed by atoms with Crippen LogP contribution in [0.5, 0.6) is 0 Å². The lowest BCUT2D eigenvalue weighted by Crippen LogP contribution is -2.34. The van der Waals surface area contributed by atoms with Crippen LogP contribution in [0.4, 0.5) is 10.1 Å². The number of benzene rings is 1. The summed E-state index contributed by atoms with van der Waals surface area (Å²) >= 11 is 0. The molecule has 0 bridgehead atoms. The number of carbonyl (C=O) groups excluding carboxylic acids is 1. The van der Waals surface area contributed by atoms with E-state index in [4.69, 9.17) is 5.26 Å². The van der Waals surface area contributed by atoms with Gasteiger partial charge >= 0.3 is 0 Å². The van der Waals surface area contributed by atoms with Crippen molar-refractivity contribution in [3.8, 4) is 6.07 Å². The standard InChI is InChI=1S/C16H13FN4O4/c1-19(8-11-2-4-13(17)5-3-11)15(22)10-20-9-14(21(24)25)6-12(7-18)16(20)23/h2-6,9H,8,10H2,1H3. The monoisotopic (exact) mass is 344 g/mol. The van der Waals surface area contributed by atoms with Gasteiger partial charge in [-0.2, -0.15) is 5.26 Å². The number of hydrogen-bond donors (Lipinski definition) is 0. The number of amides is 1. The maximum Gasteiger partial charge on any atom is 0.287 e. The van der Waals surface area contributed by atoms with Crippen LogP contribution in [0.15, 0.2) is 41.3 Å². The van der Waals surface area contributed by atoms with E-state index in [0.29, 0.717) is 5.56 Å². The zero-order valence-electron chi connectivity index (χ0n) is 13.2. The van der Waals surface area contributed by atoms with Crippen molar-refractivity contribution in [3.05, 3.63) is 73.9 Å². The van der Waals surface area contributed by atoms with Gasteiger partial charge in [-0.3, -0.25) is 24.3 Å². The predicted molar refractivity (Wildman–Crippen MR) is 84.9 cm³/mol. The summed E-state index contributed by atoms with van der Waals surface area (Å²) in [6, 6.07) is 8.01. The number of aromatic nitrogens is 1. The second-order valence-corrected chi connectivity index (χ2v) is 5.29. The topological polar surface area (TPSA) is 109 Å². The lowest BCUT2D eigenvalue weighted by Gasteiger charge is -2.18. The van der Waals surface area contributed by atoms with Gasteiger partial charge in [0.15, 0.2) is 0 Å². The Balaban J connectivity index is 2.20. The Bertz CT molecular complexity index is 915. The van der Waals surface area contributed by atoms with E-state index in [-0.39, 0.29) is 6.54 Å². The largest absolute Gasteiger partial charge is 0.340 e. The summed E-state index contributed by atoms with van der Waals surface area (Å²) in [5.41, 5.74) is -0.966. The molecule has 1 aromatic carbocycles. The molecule has 1 amide bonds. The van der Waals surface area contributed by atoms with Gasteiger partial charge in [0.1, 0.15) is 24.0 Å². The van der Waals surface area contributed by atoms with Gasteiger partial charge in [0, 0.05) is 19.7 Å². The van der Waals surface area contributed by atoms with E-state index in [0.717, 1.165) is 16.8 Å². The molecule has 2 aromatic rings. The quantitative estimate of drug-likeness (QED) is 0.602. The summed E-state index contributed by atoms with van der Waals surface area (Å²) in [4.78, 5) is 35.7. The fourth-order valence-electron chi connectivity index (χ4n) is 2.14. The van der Waals surface area contributed by atoms with Crippen molar-refractivity contribution >= 4 is 11.6 Å². The molecule has 0 unspecified atom stereocenters. The van der Waals surface area contributed by atoms with Crippen molar-refractivity contribution in [1.82, 2.24) is 9.47 Å². The first-order valence-corrected chi connectivity index (χ1v) is 7.09. The molecule has 0 radical (unpaired) electrons. The van der Waals surface area contributed by atoms with E-state index in [1.54, 1.807) is 6.07 Å². The average Bonchev–Trinajstić information content (AvgIpc) is 2.58. The Kier molecular flexibility index (Phi) is 5.24. The molecule has 0 atom stereocenters. The molecule has 8 nitrogen and oxygen atoms in total. The summed E-state index contributed by atoms with van der Waals surface area (Å²) in [6.07, 6.45) is 0.923. The Hall–Kier alpha value is -3.54. The van der Waals surface area contributed by atoms with Gasteiger partial charge in [0.25, 0.3) is 11.2 Å². The number of nitriles is 1. The Morgan fingerprint density at radius 1 is 1.40 bits per heavy atom. The SMILES string of the molecule is CN(Cc1ccc(F)cc1)C(=O)Cn1cc([N+](=O)[O-])cc(C#N)c1=O. The van der Waals surface area contributed by atoms with Crippen molar-refractivity contribution in [3.63, 3.8) is 0 Å². The molecule has 9 heteroatoms. The van der Waals surface area contributed by atoms with Crippen LogP contribution in [0.3, 0.4) is 0 Å². The molecule has 128 valence electrons. The number of nitro groups is 1. The van der Waals surface area contributed by atoms with Gasteiger partial charge in [-0.05, 0) is 17.7 Å². The number of carbonyl (C=O) groups is 1. The molecule has 0 aliphatic rings. The van der Waals surface area contributed by atoms with E-state index in [1.165, 1.54) is 36.2 Å². The molecule has 25 heavy (non-hydrogen) atoms. The first kappa shape index (κ1) is 17.8. The number of likely N-dealkylation sites (N-methyl/N-ethyl adjacent to an activating group) is 1. The van der Waals surface area contributed by atoms with E-state index in [2.05, 4.69) is 0 Å². The molecule has 1 aromatic heterocycles. The van der Waals surface area contributed by atoms with Gasteiger partial charge in [-0.15, -0.1) is 0 Å². The van der Waals surface area contributed by atoms with E-state index < -0.39 is 40.0 Å². The first-order chi connectivity index (χ1) is 11.8. The van der Waals surface area contributed by atoms with Crippen molar-refractivity contribution < 1.29 is 14.1 Å². The van der Waals surface area contributed by atoms with Crippen LogP contribution in [-0.2, 0) is 17.9 Å². The smallest absolute Gasteiger partial charge is 0.287 e. The first-order valence-electron chi connectivity index (χ1n) is 7.09. The average molecular weight is 344 g/mol. The second-order valence-electron chi connectivity index (χ2n) is 5.29. The van der Waals surface area contributed by atoms with Gasteiger partial charge in [0.05, 0.1) is 11.1 Å². The molecule has 0 aliphatic heterocycles. The normalized spacial score (nSPS) is 10.1. The fourth-order valence-corrected chi connectivity index (χ4v) is 2.14. The van der Waals surface area contributed by atoms with Crippen LogP contribution in [0.2, 0.25) is 0 Å². The highest BCUT2D eigenvalue weighted by Crippen LogP contribution is 2.11. The Morgan fingerprint density at radius 3 is 2.60 bits per heavy atom. The van der Waals surface area contributed by atoms with E-state index >= 15 is 0 Å². The third-order valence-electron chi connectivity index (χ3n) is 3.47. The molecule has 1 heterocycles. The fraction of sp³-hybridized carbons (Fsp3) is 0.188. The molecule has 2 rings (SSSR count). The molecule has 0 saturated carbocycles. The lowest BCUT2D eigenvalue weighted by molar-refractivity contribution is -0.385. The number of hydrogen-bond acceptors (Lipinski definition) is 5. The highest BCUT2D eigenvalue weighted by atomic mass is 19.1. The third kappa shape index (κ3) is 4.26. The summed E-state index contributed by atoms with van der Waals surface area (Å²) < 4.78 is 13.7. The summed E-state index contributed by atoms with van der Waals surface area (Å²) in [7, 11) is 1.49. The minimum absolute atomic E-state index is 0.175. The van der Waals surface area contributed by atoms with E-state index in [1.807, 2.05) is 0 Å². The zero-order valence-corrected chi connectivity index (χ0v) is 13.2. The van der Waals surface area contributed by atoms with Crippen molar-refractivity contribution in [1.29, 1.82) is 5.26 Å². The third-order valence-corrected chi connectivity index (χ3v) is 3.47. The van der Waals surface area contributed by atoms with Crippen LogP contribution in [0, 0.1) is 27.3 Å². The molecule has 0 fully saturated rings. The predicted octanol–water partition coefficient (Wildman–Crippen LogP) is 1.43.